The highest BCUT2D eigenvalue weighted by Gasteiger charge is 2.24. The normalized spacial score (nSPS) is 12.4. The molecule has 7 nitrogen and oxygen atoms in total. The topological polar surface area (TPSA) is 83.0 Å². The lowest BCUT2D eigenvalue weighted by Crippen LogP contribution is -2.13. The Morgan fingerprint density at radius 1 is 1.40 bits per heavy atom. The third-order valence-electron chi connectivity index (χ3n) is 3.28. The molecule has 0 radical (unpaired) electrons. The fourth-order valence-corrected chi connectivity index (χ4v) is 2.32. The van der Waals surface area contributed by atoms with Gasteiger partial charge in [0, 0.05) is 11.3 Å². The molecule has 7 heteroatoms. The number of esters is 1. The Morgan fingerprint density at radius 3 is 2.65 bits per heavy atom. The molecule has 0 unspecified atom stereocenters. The molecule has 1 atom stereocenters. The van der Waals surface area contributed by atoms with Gasteiger partial charge in [-0.05, 0) is 27.7 Å². The van der Waals surface area contributed by atoms with Crippen LogP contribution in [-0.4, -0.2) is 33.0 Å². The van der Waals surface area contributed by atoms with Gasteiger partial charge in [-0.15, -0.1) is 0 Å². The number of hydrogen-bond donors (Lipinski definition) is 0. The monoisotopic (exact) mass is 278 g/mol. The largest absolute Gasteiger partial charge is 0.469 e. The van der Waals surface area contributed by atoms with E-state index in [2.05, 4.69) is 15.2 Å². The minimum absolute atomic E-state index is 0.274. The number of ether oxygens (including phenoxy) is 1. The van der Waals surface area contributed by atoms with Crippen molar-refractivity contribution in [2.45, 2.75) is 40.2 Å². The highest BCUT2D eigenvalue weighted by molar-refractivity contribution is 5.78. The molecule has 2 aromatic rings. The average molecular weight is 278 g/mol. The Balaban J connectivity index is 2.31. The lowest BCUT2D eigenvalue weighted by molar-refractivity contribution is -0.142. The summed E-state index contributed by atoms with van der Waals surface area (Å²) < 4.78 is 11.6. The SMILES string of the molecule is COC(=O)[C@@H](C)c1c(C)nn(Cc2nc(C)no2)c1C. The van der Waals surface area contributed by atoms with E-state index in [4.69, 9.17) is 9.26 Å². The van der Waals surface area contributed by atoms with Crippen molar-refractivity contribution in [3.05, 3.63) is 28.7 Å². The Hall–Kier alpha value is -2.18. The zero-order valence-electron chi connectivity index (χ0n) is 12.3. The summed E-state index contributed by atoms with van der Waals surface area (Å²) in [4.78, 5) is 15.8. The van der Waals surface area contributed by atoms with E-state index in [1.165, 1.54) is 7.11 Å². The van der Waals surface area contributed by atoms with E-state index in [-0.39, 0.29) is 11.9 Å². The summed E-state index contributed by atoms with van der Waals surface area (Å²) in [6.07, 6.45) is 0. The maximum absolute atomic E-state index is 11.7. The van der Waals surface area contributed by atoms with E-state index in [9.17, 15) is 4.79 Å². The predicted molar refractivity (Wildman–Crippen MR) is 70.3 cm³/mol. The van der Waals surface area contributed by atoms with Crippen molar-refractivity contribution >= 4 is 5.97 Å². The summed E-state index contributed by atoms with van der Waals surface area (Å²) in [5.74, 6) is 0.456. The van der Waals surface area contributed by atoms with Gasteiger partial charge in [0.2, 0.25) is 5.89 Å². The van der Waals surface area contributed by atoms with Crippen LogP contribution in [-0.2, 0) is 16.1 Å². The summed E-state index contributed by atoms with van der Waals surface area (Å²) in [6, 6.07) is 0. The van der Waals surface area contributed by atoms with Crippen molar-refractivity contribution in [1.82, 2.24) is 19.9 Å². The van der Waals surface area contributed by atoms with Crippen molar-refractivity contribution in [3.8, 4) is 0 Å². The van der Waals surface area contributed by atoms with Gasteiger partial charge >= 0.3 is 5.97 Å². The molecule has 2 rings (SSSR count). The molecule has 0 saturated carbocycles. The van der Waals surface area contributed by atoms with Gasteiger partial charge in [0.15, 0.2) is 5.82 Å². The van der Waals surface area contributed by atoms with Crippen LogP contribution in [0.25, 0.3) is 0 Å². The van der Waals surface area contributed by atoms with Gasteiger partial charge in [-0.25, -0.2) is 0 Å². The van der Waals surface area contributed by atoms with Crippen molar-refractivity contribution in [3.63, 3.8) is 0 Å². The van der Waals surface area contributed by atoms with Gasteiger partial charge in [0.25, 0.3) is 0 Å². The highest BCUT2D eigenvalue weighted by atomic mass is 16.5. The van der Waals surface area contributed by atoms with Crippen molar-refractivity contribution < 1.29 is 14.1 Å². The molecule has 20 heavy (non-hydrogen) atoms. The number of rotatable bonds is 4. The maximum atomic E-state index is 11.7. The molecule has 0 fully saturated rings. The second kappa shape index (κ2) is 5.44. The van der Waals surface area contributed by atoms with E-state index in [1.54, 1.807) is 11.6 Å². The van der Waals surface area contributed by atoms with E-state index in [1.807, 2.05) is 20.8 Å². The second-order valence-corrected chi connectivity index (χ2v) is 4.72. The molecule has 0 saturated heterocycles. The molecule has 0 amide bonds. The number of aromatic nitrogens is 4. The number of aryl methyl sites for hydroxylation is 2. The zero-order chi connectivity index (χ0) is 14.9. The first-order valence-electron chi connectivity index (χ1n) is 6.35. The molecular weight excluding hydrogens is 260 g/mol. The number of carbonyl (C=O) groups excluding carboxylic acids is 1. The second-order valence-electron chi connectivity index (χ2n) is 4.72. The first-order valence-corrected chi connectivity index (χ1v) is 6.35. The van der Waals surface area contributed by atoms with Crippen LogP contribution < -0.4 is 0 Å². The van der Waals surface area contributed by atoms with Crippen LogP contribution in [0.5, 0.6) is 0 Å². The molecule has 0 spiro atoms. The first kappa shape index (κ1) is 14.2. The average Bonchev–Trinajstić information content (AvgIpc) is 2.93. The summed E-state index contributed by atoms with van der Waals surface area (Å²) in [6.45, 7) is 7.75. The summed E-state index contributed by atoms with van der Waals surface area (Å²) in [7, 11) is 1.38. The molecule has 0 bridgehead atoms. The zero-order valence-corrected chi connectivity index (χ0v) is 12.3. The fraction of sp³-hybridized carbons (Fsp3) is 0.538. The van der Waals surface area contributed by atoms with Crippen LogP contribution in [0.2, 0.25) is 0 Å². The molecule has 2 aromatic heterocycles. The predicted octanol–water partition coefficient (Wildman–Crippen LogP) is 1.52. The van der Waals surface area contributed by atoms with Crippen LogP contribution in [0.15, 0.2) is 4.52 Å². The van der Waals surface area contributed by atoms with Crippen LogP contribution >= 0.6 is 0 Å². The van der Waals surface area contributed by atoms with Crippen LogP contribution in [0.3, 0.4) is 0 Å². The summed E-state index contributed by atoms with van der Waals surface area (Å²) in [5.41, 5.74) is 2.58. The smallest absolute Gasteiger partial charge is 0.312 e. The number of carbonyl (C=O) groups is 1. The van der Waals surface area contributed by atoms with E-state index in [0.717, 1.165) is 17.0 Å². The van der Waals surface area contributed by atoms with Gasteiger partial charge in [0.1, 0.15) is 6.54 Å². The van der Waals surface area contributed by atoms with Crippen LogP contribution in [0.4, 0.5) is 0 Å². The molecule has 0 N–H and O–H groups in total. The molecule has 0 aliphatic heterocycles. The summed E-state index contributed by atoms with van der Waals surface area (Å²) >= 11 is 0. The minimum Gasteiger partial charge on any atom is -0.469 e. The van der Waals surface area contributed by atoms with Gasteiger partial charge in [-0.2, -0.15) is 10.1 Å². The number of nitrogens with zero attached hydrogens (tertiary/aromatic N) is 4. The standard InChI is InChI=1S/C13H18N4O3/c1-7(13(18)19-5)12-8(2)15-17(9(12)3)6-11-14-10(4)16-20-11/h7H,6H2,1-5H3/t7-/m0/s1. The van der Waals surface area contributed by atoms with Crippen LogP contribution in [0.1, 0.15) is 41.5 Å². The minimum atomic E-state index is -0.349. The van der Waals surface area contributed by atoms with Gasteiger partial charge in [-0.1, -0.05) is 5.16 Å². The summed E-state index contributed by atoms with van der Waals surface area (Å²) in [5, 5.41) is 8.18. The van der Waals surface area contributed by atoms with Crippen molar-refractivity contribution in [1.29, 1.82) is 0 Å². The number of methoxy groups -OCH3 is 1. The van der Waals surface area contributed by atoms with Gasteiger partial charge in [0.05, 0.1) is 18.7 Å². The van der Waals surface area contributed by atoms with Crippen LogP contribution in [0, 0.1) is 20.8 Å². The molecule has 108 valence electrons. The van der Waals surface area contributed by atoms with Crippen molar-refractivity contribution in [2.75, 3.05) is 7.11 Å². The lowest BCUT2D eigenvalue weighted by Gasteiger charge is -2.09. The van der Waals surface area contributed by atoms with Gasteiger partial charge in [-0.3, -0.25) is 9.48 Å². The maximum Gasteiger partial charge on any atom is 0.312 e. The third kappa shape index (κ3) is 2.56. The Bertz CT molecular complexity index is 630. The van der Waals surface area contributed by atoms with E-state index in [0.29, 0.717) is 18.3 Å². The van der Waals surface area contributed by atoms with Crippen molar-refractivity contribution in [2.24, 2.45) is 0 Å². The molecular formula is C13H18N4O3. The number of hydrogen-bond acceptors (Lipinski definition) is 6. The molecule has 0 aromatic carbocycles. The Kier molecular flexibility index (Phi) is 3.87. The molecule has 2 heterocycles. The van der Waals surface area contributed by atoms with Gasteiger partial charge < -0.3 is 9.26 Å². The fourth-order valence-electron chi connectivity index (χ4n) is 2.32. The Labute approximate surface area is 116 Å². The molecule has 0 aliphatic carbocycles. The molecule has 0 aliphatic rings. The Morgan fingerprint density at radius 2 is 2.10 bits per heavy atom. The quantitative estimate of drug-likeness (QED) is 0.788. The third-order valence-corrected chi connectivity index (χ3v) is 3.28. The highest BCUT2D eigenvalue weighted by Crippen LogP contribution is 2.24. The van der Waals surface area contributed by atoms with E-state index >= 15 is 0 Å². The lowest BCUT2D eigenvalue weighted by atomic mass is 9.99. The first-order chi connectivity index (χ1) is 9.43. The van der Waals surface area contributed by atoms with E-state index < -0.39 is 0 Å².